The maximum absolute atomic E-state index is 12.3. The van der Waals surface area contributed by atoms with Crippen molar-refractivity contribution in [2.24, 2.45) is 0 Å². The van der Waals surface area contributed by atoms with Gasteiger partial charge in [0.05, 0.1) is 18.3 Å². The highest BCUT2D eigenvalue weighted by Gasteiger charge is 2.24. The summed E-state index contributed by atoms with van der Waals surface area (Å²) in [4.78, 5) is 14.0. The monoisotopic (exact) mass is 287 g/mol. The zero-order valence-electron chi connectivity index (χ0n) is 11.7. The minimum absolute atomic E-state index is 0. The van der Waals surface area contributed by atoms with Crippen LogP contribution in [0.15, 0.2) is 4.52 Å². The first kappa shape index (κ1) is 16.0. The molecule has 2 rings (SSSR count). The summed E-state index contributed by atoms with van der Waals surface area (Å²) < 4.78 is 5.12. The molecule has 0 saturated carbocycles. The highest BCUT2D eigenvalue weighted by atomic mass is 35.5. The molecule has 2 heterocycles. The van der Waals surface area contributed by atoms with E-state index in [1.54, 1.807) is 4.90 Å². The Labute approximate surface area is 120 Å². The van der Waals surface area contributed by atoms with Gasteiger partial charge in [0.25, 0.3) is 0 Å². The third kappa shape index (κ3) is 3.70. The molecule has 0 aliphatic carbocycles. The fourth-order valence-electron chi connectivity index (χ4n) is 2.37. The molecular formula is C13H22ClN3O2. The van der Waals surface area contributed by atoms with Crippen molar-refractivity contribution in [3.8, 4) is 0 Å². The number of nitrogens with zero attached hydrogens (tertiary/aromatic N) is 2. The predicted molar refractivity (Wildman–Crippen MR) is 75.3 cm³/mol. The lowest BCUT2D eigenvalue weighted by Crippen LogP contribution is -2.47. The first-order valence-corrected chi connectivity index (χ1v) is 6.49. The van der Waals surface area contributed by atoms with Crippen molar-refractivity contribution in [2.75, 3.05) is 13.6 Å². The Kier molecular flexibility index (Phi) is 5.82. The van der Waals surface area contributed by atoms with E-state index >= 15 is 0 Å². The molecule has 1 aliphatic heterocycles. The van der Waals surface area contributed by atoms with Crippen LogP contribution in [0.2, 0.25) is 0 Å². The Morgan fingerprint density at radius 1 is 1.47 bits per heavy atom. The Balaban J connectivity index is 0.00000180. The van der Waals surface area contributed by atoms with Crippen LogP contribution in [-0.4, -0.2) is 35.6 Å². The summed E-state index contributed by atoms with van der Waals surface area (Å²) in [7, 11) is 1.84. The second-order valence-corrected chi connectivity index (χ2v) is 5.00. The molecule has 1 aromatic heterocycles. The van der Waals surface area contributed by atoms with Crippen molar-refractivity contribution in [1.82, 2.24) is 15.4 Å². The summed E-state index contributed by atoms with van der Waals surface area (Å²) in [6.45, 7) is 5.29. The zero-order valence-corrected chi connectivity index (χ0v) is 12.5. The number of piperidine rings is 1. The van der Waals surface area contributed by atoms with E-state index in [1.165, 1.54) is 0 Å². The van der Waals surface area contributed by atoms with E-state index in [0.29, 0.717) is 6.54 Å². The molecule has 5 nitrogen and oxygen atoms in total. The van der Waals surface area contributed by atoms with Crippen LogP contribution in [0, 0.1) is 13.8 Å². The summed E-state index contributed by atoms with van der Waals surface area (Å²) in [6.07, 6.45) is 3.23. The van der Waals surface area contributed by atoms with Crippen LogP contribution in [0.25, 0.3) is 0 Å². The zero-order chi connectivity index (χ0) is 13.1. The Morgan fingerprint density at radius 3 is 2.74 bits per heavy atom. The molecular weight excluding hydrogens is 266 g/mol. The number of hydrogen-bond acceptors (Lipinski definition) is 4. The van der Waals surface area contributed by atoms with Gasteiger partial charge in [0.15, 0.2) is 0 Å². The van der Waals surface area contributed by atoms with Gasteiger partial charge in [-0.05, 0) is 33.2 Å². The van der Waals surface area contributed by atoms with E-state index in [-0.39, 0.29) is 24.4 Å². The Bertz CT molecular complexity index is 408. The van der Waals surface area contributed by atoms with Gasteiger partial charge < -0.3 is 14.7 Å². The molecule has 1 aromatic rings. The number of nitrogens with one attached hydrogen (secondary N) is 1. The molecule has 19 heavy (non-hydrogen) atoms. The van der Waals surface area contributed by atoms with Gasteiger partial charge in [0.2, 0.25) is 5.91 Å². The summed E-state index contributed by atoms with van der Waals surface area (Å²) in [5.74, 6) is 0.957. The maximum Gasteiger partial charge on any atom is 0.239 e. The number of aromatic nitrogens is 1. The summed E-state index contributed by atoms with van der Waals surface area (Å²) in [5.41, 5.74) is 1.88. The quantitative estimate of drug-likeness (QED) is 0.921. The molecule has 0 bridgehead atoms. The second kappa shape index (κ2) is 6.91. The van der Waals surface area contributed by atoms with Crippen molar-refractivity contribution in [1.29, 1.82) is 0 Å². The van der Waals surface area contributed by atoms with Crippen LogP contribution in [0.1, 0.15) is 36.3 Å². The van der Waals surface area contributed by atoms with Crippen LogP contribution in [0.4, 0.5) is 0 Å². The number of halogens is 1. The lowest BCUT2D eigenvalue weighted by molar-refractivity contribution is -0.133. The molecule has 1 saturated heterocycles. The average molecular weight is 288 g/mol. The van der Waals surface area contributed by atoms with Crippen LogP contribution in [0.3, 0.4) is 0 Å². The number of hydrogen-bond donors (Lipinski definition) is 1. The van der Waals surface area contributed by atoms with Crippen molar-refractivity contribution in [2.45, 2.75) is 45.7 Å². The smallest absolute Gasteiger partial charge is 0.239 e. The van der Waals surface area contributed by atoms with Crippen molar-refractivity contribution >= 4 is 18.3 Å². The third-order valence-electron chi connectivity index (χ3n) is 3.56. The second-order valence-electron chi connectivity index (χ2n) is 5.00. The van der Waals surface area contributed by atoms with Gasteiger partial charge >= 0.3 is 0 Å². The Hall–Kier alpha value is -1.07. The molecule has 1 atom stereocenters. The largest absolute Gasteiger partial charge is 0.361 e. The molecule has 1 fully saturated rings. The molecule has 1 unspecified atom stereocenters. The molecule has 1 aliphatic rings. The Morgan fingerprint density at radius 2 is 2.21 bits per heavy atom. The minimum atomic E-state index is -0.0239. The summed E-state index contributed by atoms with van der Waals surface area (Å²) in [5, 5.41) is 7.19. The summed E-state index contributed by atoms with van der Waals surface area (Å²) >= 11 is 0. The predicted octanol–water partition coefficient (Wildman–Crippen LogP) is 1.81. The number of rotatable bonds is 3. The fourth-order valence-corrected chi connectivity index (χ4v) is 2.37. The van der Waals surface area contributed by atoms with Crippen LogP contribution < -0.4 is 5.32 Å². The first-order chi connectivity index (χ1) is 8.59. The van der Waals surface area contributed by atoms with E-state index in [9.17, 15) is 4.79 Å². The fraction of sp³-hybridized carbons (Fsp3) is 0.692. The van der Waals surface area contributed by atoms with Gasteiger partial charge in [-0.1, -0.05) is 11.6 Å². The van der Waals surface area contributed by atoms with Crippen molar-refractivity contribution in [3.05, 3.63) is 17.0 Å². The third-order valence-corrected chi connectivity index (χ3v) is 3.56. The van der Waals surface area contributed by atoms with E-state index in [1.807, 2.05) is 20.9 Å². The van der Waals surface area contributed by atoms with Crippen molar-refractivity contribution < 1.29 is 9.32 Å². The lowest BCUT2D eigenvalue weighted by atomic mass is 10.0. The highest BCUT2D eigenvalue weighted by molar-refractivity contribution is 5.85. The van der Waals surface area contributed by atoms with Gasteiger partial charge in [-0.2, -0.15) is 0 Å². The van der Waals surface area contributed by atoms with Gasteiger partial charge in [0.1, 0.15) is 5.76 Å². The van der Waals surface area contributed by atoms with E-state index in [2.05, 4.69) is 10.5 Å². The van der Waals surface area contributed by atoms with Gasteiger partial charge in [-0.25, -0.2) is 0 Å². The molecule has 6 heteroatoms. The molecule has 0 radical (unpaired) electrons. The molecule has 0 spiro atoms. The SMILES string of the molecule is Cc1noc(C)c1CN(C)C(=O)C1CCCCN1.Cl. The molecule has 0 aromatic carbocycles. The van der Waals surface area contributed by atoms with Crippen molar-refractivity contribution in [3.63, 3.8) is 0 Å². The van der Waals surface area contributed by atoms with Gasteiger partial charge in [-0.3, -0.25) is 4.79 Å². The number of likely N-dealkylation sites (N-methyl/N-ethyl adjacent to an activating group) is 1. The number of aryl methyl sites for hydroxylation is 2. The number of carbonyl (C=O) groups is 1. The number of amides is 1. The topological polar surface area (TPSA) is 58.4 Å². The number of carbonyl (C=O) groups excluding carboxylic acids is 1. The normalized spacial score (nSPS) is 18.8. The molecule has 1 amide bonds. The molecule has 108 valence electrons. The van der Waals surface area contributed by atoms with Gasteiger partial charge in [0, 0.05) is 12.6 Å². The summed E-state index contributed by atoms with van der Waals surface area (Å²) in [6, 6.07) is -0.0239. The van der Waals surface area contributed by atoms with Gasteiger partial charge in [-0.15, -0.1) is 12.4 Å². The van der Waals surface area contributed by atoms with Crippen LogP contribution >= 0.6 is 12.4 Å². The standard InChI is InChI=1S/C13H21N3O2.ClH/c1-9-11(10(2)18-15-9)8-16(3)13(17)12-6-4-5-7-14-12;/h12,14H,4-8H2,1-3H3;1H. The lowest BCUT2D eigenvalue weighted by Gasteiger charge is -2.27. The van der Waals surface area contributed by atoms with E-state index < -0.39 is 0 Å². The minimum Gasteiger partial charge on any atom is -0.361 e. The van der Waals surface area contributed by atoms with E-state index in [0.717, 1.165) is 42.8 Å². The first-order valence-electron chi connectivity index (χ1n) is 6.49. The van der Waals surface area contributed by atoms with Crippen LogP contribution in [-0.2, 0) is 11.3 Å². The molecule has 1 N–H and O–H groups in total. The average Bonchev–Trinajstić information content (AvgIpc) is 2.70. The maximum atomic E-state index is 12.3. The highest BCUT2D eigenvalue weighted by Crippen LogP contribution is 2.16. The van der Waals surface area contributed by atoms with Crippen LogP contribution in [0.5, 0.6) is 0 Å². The van der Waals surface area contributed by atoms with E-state index in [4.69, 9.17) is 4.52 Å².